The number of esters is 1. The Balaban J connectivity index is 1.34. The molecule has 3 aromatic rings. The molecule has 0 radical (unpaired) electrons. The van der Waals surface area contributed by atoms with Gasteiger partial charge >= 0.3 is 5.97 Å². The Kier molecular flexibility index (Phi) is 7.50. The third kappa shape index (κ3) is 5.57. The number of carbonyl (C=O) groups excluding carboxylic acids is 2. The molecular formula is C24H26N2O6S2. The SMILES string of the molecule is COC(=O)c1cc2cc(NC(=O)COc3ccc(S(=O)(=O)N4CCCCCC4)cc3)ccc2s1. The van der Waals surface area contributed by atoms with Crippen LogP contribution in [0.3, 0.4) is 0 Å². The van der Waals surface area contributed by atoms with Crippen LogP contribution < -0.4 is 10.1 Å². The average molecular weight is 503 g/mol. The monoisotopic (exact) mass is 502 g/mol. The number of amides is 1. The van der Waals surface area contributed by atoms with Gasteiger partial charge in [-0.15, -0.1) is 11.3 Å². The summed E-state index contributed by atoms with van der Waals surface area (Å²) < 4.78 is 38.5. The van der Waals surface area contributed by atoms with E-state index in [4.69, 9.17) is 9.47 Å². The fourth-order valence-electron chi connectivity index (χ4n) is 3.81. The fraction of sp³-hybridized carbons (Fsp3) is 0.333. The number of fused-ring (bicyclic) bond motifs is 1. The van der Waals surface area contributed by atoms with Crippen LogP contribution in [0.15, 0.2) is 53.4 Å². The van der Waals surface area contributed by atoms with Crippen molar-refractivity contribution in [3.05, 3.63) is 53.4 Å². The van der Waals surface area contributed by atoms with E-state index in [2.05, 4.69) is 5.32 Å². The number of thiophene rings is 1. The van der Waals surface area contributed by atoms with Crippen LogP contribution in [0.5, 0.6) is 5.75 Å². The zero-order chi connectivity index (χ0) is 24.1. The van der Waals surface area contributed by atoms with Crippen molar-refractivity contribution in [3.63, 3.8) is 0 Å². The first-order valence-corrected chi connectivity index (χ1v) is 13.3. The molecule has 4 rings (SSSR count). The third-order valence-electron chi connectivity index (χ3n) is 5.58. The first-order valence-electron chi connectivity index (χ1n) is 11.0. The maximum absolute atomic E-state index is 12.9. The standard InChI is InChI=1S/C24H26N2O6S2/c1-31-24(28)22-15-17-14-18(6-11-21(17)33-22)25-23(27)16-32-19-7-9-20(10-8-19)34(29,30)26-12-4-2-3-5-13-26/h6-11,14-15H,2-5,12-13,16H2,1H3,(H,25,27). The van der Waals surface area contributed by atoms with Gasteiger partial charge in [-0.1, -0.05) is 12.8 Å². The van der Waals surface area contributed by atoms with Gasteiger partial charge in [0.25, 0.3) is 5.91 Å². The van der Waals surface area contributed by atoms with Crippen LogP contribution in [0.4, 0.5) is 5.69 Å². The summed E-state index contributed by atoms with van der Waals surface area (Å²) in [6.45, 7) is 0.858. The Hall–Kier alpha value is -2.95. The van der Waals surface area contributed by atoms with Crippen molar-refractivity contribution >= 4 is 49.0 Å². The second kappa shape index (κ2) is 10.5. The summed E-state index contributed by atoms with van der Waals surface area (Å²) in [7, 11) is -2.19. The highest BCUT2D eigenvalue weighted by molar-refractivity contribution is 7.89. The van der Waals surface area contributed by atoms with Crippen molar-refractivity contribution in [2.24, 2.45) is 0 Å². The Morgan fingerprint density at radius 2 is 1.71 bits per heavy atom. The minimum Gasteiger partial charge on any atom is -0.484 e. The van der Waals surface area contributed by atoms with Gasteiger partial charge in [0.15, 0.2) is 6.61 Å². The van der Waals surface area contributed by atoms with Gasteiger partial charge in [0, 0.05) is 23.5 Å². The van der Waals surface area contributed by atoms with E-state index in [1.54, 1.807) is 34.6 Å². The molecule has 2 aromatic carbocycles. The van der Waals surface area contributed by atoms with E-state index in [0.717, 1.165) is 35.8 Å². The summed E-state index contributed by atoms with van der Waals surface area (Å²) in [4.78, 5) is 24.8. The van der Waals surface area contributed by atoms with Crippen LogP contribution in [0.1, 0.15) is 35.4 Å². The first-order chi connectivity index (χ1) is 16.4. The lowest BCUT2D eigenvalue weighted by Gasteiger charge is -2.20. The first kappa shape index (κ1) is 24.2. The van der Waals surface area contributed by atoms with Gasteiger partial charge in [0.2, 0.25) is 10.0 Å². The highest BCUT2D eigenvalue weighted by Crippen LogP contribution is 2.29. The lowest BCUT2D eigenvalue weighted by molar-refractivity contribution is -0.118. The van der Waals surface area contributed by atoms with Crippen LogP contribution in [0, 0.1) is 0 Å². The number of methoxy groups -OCH3 is 1. The van der Waals surface area contributed by atoms with Gasteiger partial charge in [-0.25, -0.2) is 13.2 Å². The Bertz CT molecular complexity index is 1280. The molecule has 8 nitrogen and oxygen atoms in total. The zero-order valence-electron chi connectivity index (χ0n) is 18.8. The minimum atomic E-state index is -3.53. The number of anilines is 1. The second-order valence-corrected chi connectivity index (χ2v) is 11.0. The van der Waals surface area contributed by atoms with Gasteiger partial charge in [-0.05, 0) is 66.8 Å². The molecule has 180 valence electrons. The van der Waals surface area contributed by atoms with E-state index < -0.39 is 16.0 Å². The van der Waals surface area contributed by atoms with E-state index >= 15 is 0 Å². The molecular weight excluding hydrogens is 476 g/mol. The molecule has 0 atom stereocenters. The van der Waals surface area contributed by atoms with E-state index in [0.29, 0.717) is 29.4 Å². The number of rotatable bonds is 7. The van der Waals surface area contributed by atoms with E-state index in [-0.39, 0.29) is 17.4 Å². The van der Waals surface area contributed by atoms with Gasteiger partial charge in [-0.3, -0.25) is 4.79 Å². The van der Waals surface area contributed by atoms with E-state index in [1.807, 2.05) is 6.07 Å². The van der Waals surface area contributed by atoms with Crippen molar-refractivity contribution in [2.45, 2.75) is 30.6 Å². The normalized spacial score (nSPS) is 15.0. The van der Waals surface area contributed by atoms with Gasteiger partial charge < -0.3 is 14.8 Å². The maximum Gasteiger partial charge on any atom is 0.348 e. The Morgan fingerprint density at radius 1 is 1.00 bits per heavy atom. The summed E-state index contributed by atoms with van der Waals surface area (Å²) in [5.74, 6) is -0.351. The Labute approximate surface area is 202 Å². The Morgan fingerprint density at radius 3 is 2.38 bits per heavy atom. The number of ether oxygens (including phenoxy) is 2. The highest BCUT2D eigenvalue weighted by atomic mass is 32.2. The molecule has 0 aliphatic carbocycles. The molecule has 1 aliphatic rings. The van der Waals surface area contributed by atoms with Gasteiger partial charge in [0.05, 0.1) is 12.0 Å². The van der Waals surface area contributed by atoms with Crippen LogP contribution in [0.25, 0.3) is 10.1 Å². The maximum atomic E-state index is 12.9. The number of carbonyl (C=O) groups is 2. The van der Waals surface area contributed by atoms with Gasteiger partial charge in [-0.2, -0.15) is 4.31 Å². The molecule has 34 heavy (non-hydrogen) atoms. The molecule has 0 spiro atoms. The summed E-state index contributed by atoms with van der Waals surface area (Å²) >= 11 is 1.32. The molecule has 1 aromatic heterocycles. The number of nitrogens with one attached hydrogen (secondary N) is 1. The topological polar surface area (TPSA) is 102 Å². The number of nitrogens with zero attached hydrogens (tertiary/aromatic N) is 1. The highest BCUT2D eigenvalue weighted by Gasteiger charge is 2.25. The fourth-order valence-corrected chi connectivity index (χ4v) is 6.29. The van der Waals surface area contributed by atoms with Crippen molar-refractivity contribution < 1.29 is 27.5 Å². The largest absolute Gasteiger partial charge is 0.484 e. The second-order valence-electron chi connectivity index (χ2n) is 7.98. The average Bonchev–Trinajstić information content (AvgIpc) is 3.06. The molecule has 1 fully saturated rings. The number of benzene rings is 2. The molecule has 1 amide bonds. The zero-order valence-corrected chi connectivity index (χ0v) is 20.4. The molecule has 0 bridgehead atoms. The summed E-state index contributed by atoms with van der Waals surface area (Å²) in [6, 6.07) is 13.2. The lowest BCUT2D eigenvalue weighted by atomic mass is 10.2. The van der Waals surface area contributed by atoms with Crippen LogP contribution >= 0.6 is 11.3 Å². The summed E-state index contributed by atoms with van der Waals surface area (Å²) in [5.41, 5.74) is 0.578. The summed E-state index contributed by atoms with van der Waals surface area (Å²) in [6.07, 6.45) is 3.86. The molecule has 1 aliphatic heterocycles. The minimum absolute atomic E-state index is 0.224. The smallest absolute Gasteiger partial charge is 0.348 e. The quantitative estimate of drug-likeness (QED) is 0.484. The third-order valence-corrected chi connectivity index (χ3v) is 8.59. The molecule has 0 saturated carbocycles. The van der Waals surface area contributed by atoms with Crippen molar-refractivity contribution in [3.8, 4) is 5.75 Å². The van der Waals surface area contributed by atoms with Gasteiger partial charge in [0.1, 0.15) is 10.6 Å². The van der Waals surface area contributed by atoms with Crippen LogP contribution in [0.2, 0.25) is 0 Å². The number of hydrogen-bond acceptors (Lipinski definition) is 7. The molecule has 0 unspecified atom stereocenters. The van der Waals surface area contributed by atoms with Crippen molar-refractivity contribution in [1.82, 2.24) is 4.31 Å². The number of hydrogen-bond donors (Lipinski definition) is 1. The molecule has 1 N–H and O–H groups in total. The molecule has 10 heteroatoms. The predicted molar refractivity (Wildman–Crippen MR) is 131 cm³/mol. The number of sulfonamides is 1. The predicted octanol–water partition coefficient (Wildman–Crippen LogP) is 4.27. The molecule has 2 heterocycles. The lowest BCUT2D eigenvalue weighted by Crippen LogP contribution is -2.31. The van der Waals surface area contributed by atoms with Crippen LogP contribution in [-0.4, -0.2) is 51.4 Å². The molecule has 1 saturated heterocycles. The summed E-state index contributed by atoms with van der Waals surface area (Å²) in [5, 5.41) is 3.59. The van der Waals surface area contributed by atoms with E-state index in [9.17, 15) is 18.0 Å². The van der Waals surface area contributed by atoms with E-state index in [1.165, 1.54) is 30.6 Å². The van der Waals surface area contributed by atoms with Crippen molar-refractivity contribution in [1.29, 1.82) is 0 Å². The van der Waals surface area contributed by atoms with Crippen LogP contribution in [-0.2, 0) is 19.6 Å². The van der Waals surface area contributed by atoms with Crippen molar-refractivity contribution in [2.75, 3.05) is 32.1 Å².